The fraction of sp³-hybridized carbons (Fsp3) is 0.400. The molecule has 4 rings (SSSR count). The monoisotopic (exact) mass is 397 g/mol. The Kier molecular flexibility index (Phi) is 5.21. The van der Waals surface area contributed by atoms with E-state index in [-0.39, 0.29) is 12.1 Å². The Labute approximate surface area is 169 Å². The number of amides is 2. The predicted octanol–water partition coefficient (Wildman–Crippen LogP) is 4.71. The molecular formula is C20H23N5O2S. The van der Waals surface area contributed by atoms with Gasteiger partial charge in [-0.05, 0) is 37.1 Å². The molecule has 1 aliphatic rings. The van der Waals surface area contributed by atoms with Crippen LogP contribution in [0, 0.1) is 0 Å². The second-order valence-corrected chi connectivity index (χ2v) is 7.77. The molecule has 0 aromatic carbocycles. The molecule has 1 saturated carbocycles. The van der Waals surface area contributed by atoms with Gasteiger partial charge in [-0.25, -0.2) is 19.1 Å². The highest BCUT2D eigenvalue weighted by Gasteiger charge is 2.21. The van der Waals surface area contributed by atoms with Gasteiger partial charge in [0.2, 0.25) is 0 Å². The fourth-order valence-electron chi connectivity index (χ4n) is 3.34. The summed E-state index contributed by atoms with van der Waals surface area (Å²) in [5, 5.41) is 3.00. The van der Waals surface area contributed by atoms with E-state index in [4.69, 9.17) is 4.42 Å². The lowest BCUT2D eigenvalue weighted by molar-refractivity contribution is 0.246. The summed E-state index contributed by atoms with van der Waals surface area (Å²) in [4.78, 5) is 25.9. The van der Waals surface area contributed by atoms with Gasteiger partial charge in [0.1, 0.15) is 22.8 Å². The molecule has 1 fully saturated rings. The van der Waals surface area contributed by atoms with Gasteiger partial charge in [0.15, 0.2) is 11.4 Å². The van der Waals surface area contributed by atoms with Crippen LogP contribution in [0.15, 0.2) is 34.9 Å². The quantitative estimate of drug-likeness (QED) is 0.623. The molecule has 0 saturated heterocycles. The molecular weight excluding hydrogens is 374 g/mol. The van der Waals surface area contributed by atoms with Gasteiger partial charge in [0.25, 0.3) is 0 Å². The Balaban J connectivity index is 1.59. The van der Waals surface area contributed by atoms with Gasteiger partial charge >= 0.3 is 6.03 Å². The van der Waals surface area contributed by atoms with Crippen LogP contribution in [0.5, 0.6) is 0 Å². The molecule has 1 N–H and O–H groups in total. The van der Waals surface area contributed by atoms with Crippen LogP contribution in [0.1, 0.15) is 51.2 Å². The van der Waals surface area contributed by atoms with Crippen LogP contribution in [0.3, 0.4) is 0 Å². The Bertz CT molecular complexity index is 997. The van der Waals surface area contributed by atoms with Gasteiger partial charge in [-0.3, -0.25) is 4.98 Å². The first-order chi connectivity index (χ1) is 13.5. The van der Waals surface area contributed by atoms with E-state index in [0.717, 1.165) is 31.4 Å². The molecule has 0 radical (unpaired) electrons. The number of nitrogens with zero attached hydrogens (tertiary/aromatic N) is 4. The maximum absolute atomic E-state index is 12.4. The van der Waals surface area contributed by atoms with Crippen molar-refractivity contribution in [3.05, 3.63) is 36.2 Å². The largest absolute Gasteiger partial charge is 0.459 e. The third-order valence-corrected chi connectivity index (χ3v) is 5.32. The maximum atomic E-state index is 12.4. The highest BCUT2D eigenvalue weighted by molar-refractivity contribution is 7.82. The third-order valence-electron chi connectivity index (χ3n) is 4.93. The highest BCUT2D eigenvalue weighted by atomic mass is 32.1. The van der Waals surface area contributed by atoms with Crippen LogP contribution >= 0.6 is 12.8 Å². The number of rotatable bonds is 4. The van der Waals surface area contributed by atoms with Crippen LogP contribution in [0.25, 0.3) is 22.6 Å². The third kappa shape index (κ3) is 3.82. The normalized spacial score (nSPS) is 14.7. The molecule has 28 heavy (non-hydrogen) atoms. The zero-order valence-corrected chi connectivity index (χ0v) is 16.8. The van der Waals surface area contributed by atoms with E-state index in [1.165, 1.54) is 4.31 Å². The molecule has 0 unspecified atom stereocenters. The lowest BCUT2D eigenvalue weighted by Gasteiger charge is -2.19. The average Bonchev–Trinajstić information content (AvgIpc) is 3.38. The summed E-state index contributed by atoms with van der Waals surface area (Å²) in [7, 11) is 0. The maximum Gasteiger partial charge on any atom is 0.333 e. The van der Waals surface area contributed by atoms with Gasteiger partial charge in [-0.2, -0.15) is 0 Å². The lowest BCUT2D eigenvalue weighted by Crippen LogP contribution is -2.40. The number of anilines is 1. The van der Waals surface area contributed by atoms with Crippen LogP contribution in [-0.2, 0) is 0 Å². The summed E-state index contributed by atoms with van der Waals surface area (Å²) in [6.07, 6.45) is 5.98. The number of pyridine rings is 1. The van der Waals surface area contributed by atoms with Crippen molar-refractivity contribution in [1.29, 1.82) is 0 Å². The standard InChI is InChI=1S/C20H23N5O2S/c1-12(2)16-8-9-17(27-16)15-11-21-14-7-10-18(24-19(14)23-15)25(28)20(26)22-13-5-3-4-6-13/h7-13,28H,3-6H2,1-2H3,(H,22,26). The summed E-state index contributed by atoms with van der Waals surface area (Å²) in [6.45, 7) is 4.14. The van der Waals surface area contributed by atoms with Crippen molar-refractivity contribution in [2.24, 2.45) is 0 Å². The summed E-state index contributed by atoms with van der Waals surface area (Å²) in [5.41, 5.74) is 1.68. The number of urea groups is 1. The molecule has 3 heterocycles. The summed E-state index contributed by atoms with van der Waals surface area (Å²) in [5.74, 6) is 2.24. The molecule has 7 nitrogen and oxygen atoms in total. The van der Waals surface area contributed by atoms with Gasteiger partial charge in [-0.1, -0.05) is 39.5 Å². The van der Waals surface area contributed by atoms with E-state index in [9.17, 15) is 4.79 Å². The molecule has 0 atom stereocenters. The number of nitrogens with one attached hydrogen (secondary N) is 1. The first-order valence-electron chi connectivity index (χ1n) is 9.54. The zero-order chi connectivity index (χ0) is 19.7. The Hall–Kier alpha value is -2.61. The van der Waals surface area contributed by atoms with Crippen LogP contribution in [0.2, 0.25) is 0 Å². The molecule has 146 valence electrons. The summed E-state index contributed by atoms with van der Waals surface area (Å²) in [6, 6.07) is 7.25. The van der Waals surface area contributed by atoms with Crippen molar-refractivity contribution in [2.45, 2.75) is 51.5 Å². The van der Waals surface area contributed by atoms with Gasteiger partial charge in [0, 0.05) is 12.0 Å². The minimum absolute atomic E-state index is 0.211. The average molecular weight is 398 g/mol. The number of carbonyl (C=O) groups is 1. The first kappa shape index (κ1) is 18.7. The van der Waals surface area contributed by atoms with Crippen molar-refractivity contribution in [3.8, 4) is 11.5 Å². The molecule has 0 aliphatic heterocycles. The molecule has 2 amide bonds. The van der Waals surface area contributed by atoms with Gasteiger partial charge < -0.3 is 9.73 Å². The Morgan fingerprint density at radius 2 is 2.00 bits per heavy atom. The molecule has 0 bridgehead atoms. The minimum Gasteiger partial charge on any atom is -0.459 e. The van der Waals surface area contributed by atoms with E-state index in [1.54, 1.807) is 18.3 Å². The molecule has 1 aliphatic carbocycles. The second-order valence-electron chi connectivity index (χ2n) is 7.37. The van der Waals surface area contributed by atoms with Gasteiger partial charge in [0.05, 0.1) is 6.20 Å². The van der Waals surface area contributed by atoms with Crippen molar-refractivity contribution < 1.29 is 9.21 Å². The minimum atomic E-state index is -0.279. The number of hydrogen-bond acceptors (Lipinski definition) is 6. The summed E-state index contributed by atoms with van der Waals surface area (Å²) < 4.78 is 7.07. The number of thiol groups is 1. The SMILES string of the molecule is CC(C)c1ccc(-c2cnc3ccc(N(S)C(=O)NC4CCCC4)nc3n2)o1. The highest BCUT2D eigenvalue weighted by Crippen LogP contribution is 2.26. The number of fused-ring (bicyclic) bond motifs is 1. The molecule has 3 aromatic rings. The first-order valence-corrected chi connectivity index (χ1v) is 9.94. The molecule has 3 aromatic heterocycles. The zero-order valence-electron chi connectivity index (χ0n) is 15.9. The topological polar surface area (TPSA) is 84.2 Å². The van der Waals surface area contributed by atoms with Crippen molar-refractivity contribution in [3.63, 3.8) is 0 Å². The number of aromatic nitrogens is 3. The van der Waals surface area contributed by atoms with Crippen molar-refractivity contribution in [2.75, 3.05) is 4.31 Å². The van der Waals surface area contributed by atoms with E-state index in [2.05, 4.69) is 46.9 Å². The Morgan fingerprint density at radius 3 is 2.71 bits per heavy atom. The van der Waals surface area contributed by atoms with Crippen LogP contribution in [-0.4, -0.2) is 27.0 Å². The fourth-order valence-corrected chi connectivity index (χ4v) is 3.50. The second kappa shape index (κ2) is 7.79. The van der Waals surface area contributed by atoms with Crippen LogP contribution < -0.4 is 9.62 Å². The predicted molar refractivity (Wildman–Crippen MR) is 111 cm³/mol. The van der Waals surface area contributed by atoms with E-state index >= 15 is 0 Å². The number of hydrogen-bond donors (Lipinski definition) is 2. The molecule has 0 spiro atoms. The number of furan rings is 1. The van der Waals surface area contributed by atoms with Gasteiger partial charge in [-0.15, -0.1) is 0 Å². The van der Waals surface area contributed by atoms with Crippen molar-refractivity contribution >= 4 is 35.8 Å². The van der Waals surface area contributed by atoms with Crippen molar-refractivity contribution in [1.82, 2.24) is 20.3 Å². The smallest absolute Gasteiger partial charge is 0.333 e. The van der Waals surface area contributed by atoms with Crippen LogP contribution in [0.4, 0.5) is 10.6 Å². The molecule has 8 heteroatoms. The van der Waals surface area contributed by atoms with E-state index in [0.29, 0.717) is 34.4 Å². The van der Waals surface area contributed by atoms with E-state index < -0.39 is 0 Å². The van der Waals surface area contributed by atoms with E-state index in [1.807, 2.05) is 12.1 Å². The summed E-state index contributed by atoms with van der Waals surface area (Å²) >= 11 is 4.33. The Morgan fingerprint density at radius 1 is 1.21 bits per heavy atom. The number of carbonyl (C=O) groups excluding carboxylic acids is 1. The lowest BCUT2D eigenvalue weighted by atomic mass is 10.2.